The lowest BCUT2D eigenvalue weighted by atomic mass is 9.63. The maximum atomic E-state index is 13.2. The standard InChI is InChI=1S/C20H23NO4/c1-23-14-9-10-18(25-3)16(13-14)21-19(22)20(11-6-12-20)15-7-4-5-8-17(15)24-2/h4-5,7-10,13H,6,11-12H2,1-3H3,(H,21,22). The molecule has 1 amide bonds. The van der Waals surface area contributed by atoms with Crippen LogP contribution in [0.15, 0.2) is 42.5 Å². The number of benzene rings is 2. The summed E-state index contributed by atoms with van der Waals surface area (Å²) in [5, 5.41) is 3.03. The maximum Gasteiger partial charge on any atom is 0.235 e. The van der Waals surface area contributed by atoms with E-state index in [1.54, 1.807) is 39.5 Å². The highest BCUT2D eigenvalue weighted by atomic mass is 16.5. The molecule has 25 heavy (non-hydrogen) atoms. The number of hydrogen-bond acceptors (Lipinski definition) is 4. The number of ether oxygens (including phenoxy) is 3. The molecule has 0 aromatic heterocycles. The zero-order valence-corrected chi connectivity index (χ0v) is 14.8. The largest absolute Gasteiger partial charge is 0.497 e. The number of amides is 1. The van der Waals surface area contributed by atoms with E-state index in [0.29, 0.717) is 17.2 Å². The second-order valence-corrected chi connectivity index (χ2v) is 6.16. The lowest BCUT2D eigenvalue weighted by Crippen LogP contribution is -2.46. The van der Waals surface area contributed by atoms with Crippen molar-refractivity contribution in [2.75, 3.05) is 26.6 Å². The van der Waals surface area contributed by atoms with E-state index in [1.807, 2.05) is 24.3 Å². The van der Waals surface area contributed by atoms with E-state index < -0.39 is 5.41 Å². The van der Waals surface area contributed by atoms with Gasteiger partial charge in [-0.1, -0.05) is 24.6 Å². The third-order valence-corrected chi connectivity index (χ3v) is 4.92. The predicted octanol–water partition coefficient (Wildman–Crippen LogP) is 3.77. The summed E-state index contributed by atoms with van der Waals surface area (Å²) in [5.41, 5.74) is 0.969. The topological polar surface area (TPSA) is 56.8 Å². The van der Waals surface area contributed by atoms with Crippen molar-refractivity contribution in [1.82, 2.24) is 0 Å². The first kappa shape index (κ1) is 17.1. The van der Waals surface area contributed by atoms with Gasteiger partial charge in [-0.2, -0.15) is 0 Å². The summed E-state index contributed by atoms with van der Waals surface area (Å²) in [4.78, 5) is 13.2. The minimum Gasteiger partial charge on any atom is -0.497 e. The monoisotopic (exact) mass is 341 g/mol. The molecule has 1 fully saturated rings. The maximum absolute atomic E-state index is 13.2. The fourth-order valence-corrected chi connectivity index (χ4v) is 3.34. The van der Waals surface area contributed by atoms with Crippen LogP contribution in [0, 0.1) is 0 Å². The van der Waals surface area contributed by atoms with Gasteiger partial charge in [-0.25, -0.2) is 0 Å². The van der Waals surface area contributed by atoms with Crippen LogP contribution in [-0.2, 0) is 10.2 Å². The van der Waals surface area contributed by atoms with E-state index in [4.69, 9.17) is 14.2 Å². The third kappa shape index (κ3) is 3.02. The molecule has 0 unspecified atom stereocenters. The highest BCUT2D eigenvalue weighted by molar-refractivity contribution is 6.01. The molecule has 5 nitrogen and oxygen atoms in total. The lowest BCUT2D eigenvalue weighted by molar-refractivity contribution is -0.124. The smallest absolute Gasteiger partial charge is 0.235 e. The Bertz CT molecular complexity index is 768. The van der Waals surface area contributed by atoms with Crippen LogP contribution in [0.3, 0.4) is 0 Å². The zero-order valence-electron chi connectivity index (χ0n) is 14.8. The van der Waals surface area contributed by atoms with Gasteiger partial charge >= 0.3 is 0 Å². The third-order valence-electron chi connectivity index (χ3n) is 4.92. The molecule has 1 aliphatic rings. The molecule has 1 saturated carbocycles. The molecule has 0 saturated heterocycles. The minimum absolute atomic E-state index is 0.0465. The van der Waals surface area contributed by atoms with Crippen molar-refractivity contribution < 1.29 is 19.0 Å². The molecule has 3 rings (SSSR count). The second-order valence-electron chi connectivity index (χ2n) is 6.16. The number of anilines is 1. The number of rotatable bonds is 6. The van der Waals surface area contributed by atoms with Crippen molar-refractivity contribution in [2.24, 2.45) is 0 Å². The summed E-state index contributed by atoms with van der Waals surface area (Å²) in [6.45, 7) is 0. The van der Waals surface area contributed by atoms with Gasteiger partial charge in [0.1, 0.15) is 17.2 Å². The normalized spacial score (nSPS) is 15.0. The van der Waals surface area contributed by atoms with Crippen molar-refractivity contribution in [1.29, 1.82) is 0 Å². The fraction of sp³-hybridized carbons (Fsp3) is 0.350. The second kappa shape index (κ2) is 7.05. The molecular weight excluding hydrogens is 318 g/mol. The first-order valence-corrected chi connectivity index (χ1v) is 8.31. The minimum atomic E-state index is -0.569. The molecule has 0 aliphatic heterocycles. The number of methoxy groups -OCH3 is 3. The van der Waals surface area contributed by atoms with E-state index in [1.165, 1.54) is 0 Å². The van der Waals surface area contributed by atoms with Crippen LogP contribution in [-0.4, -0.2) is 27.2 Å². The fourth-order valence-electron chi connectivity index (χ4n) is 3.34. The van der Waals surface area contributed by atoms with Crippen LogP contribution in [0.4, 0.5) is 5.69 Å². The Balaban J connectivity index is 1.94. The predicted molar refractivity (Wildman–Crippen MR) is 96.7 cm³/mol. The molecule has 132 valence electrons. The first-order valence-electron chi connectivity index (χ1n) is 8.31. The van der Waals surface area contributed by atoms with Crippen LogP contribution >= 0.6 is 0 Å². The highest BCUT2D eigenvalue weighted by Crippen LogP contribution is 2.48. The Hall–Kier alpha value is -2.69. The van der Waals surface area contributed by atoms with Gasteiger partial charge < -0.3 is 19.5 Å². The van der Waals surface area contributed by atoms with Crippen molar-refractivity contribution >= 4 is 11.6 Å². The summed E-state index contributed by atoms with van der Waals surface area (Å²) in [7, 11) is 4.81. The Labute approximate surface area is 147 Å². The van der Waals surface area contributed by atoms with Crippen molar-refractivity contribution in [3.8, 4) is 17.2 Å². The summed E-state index contributed by atoms with van der Waals surface area (Å²) < 4.78 is 16.1. The van der Waals surface area contributed by atoms with Gasteiger partial charge in [0.05, 0.1) is 32.4 Å². The highest BCUT2D eigenvalue weighted by Gasteiger charge is 2.47. The van der Waals surface area contributed by atoms with E-state index >= 15 is 0 Å². The van der Waals surface area contributed by atoms with Gasteiger partial charge in [-0.05, 0) is 31.0 Å². The average Bonchev–Trinajstić information content (AvgIpc) is 2.61. The molecule has 2 aromatic carbocycles. The van der Waals surface area contributed by atoms with Gasteiger partial charge in [0.15, 0.2) is 0 Å². The number of nitrogens with one attached hydrogen (secondary N) is 1. The summed E-state index contributed by atoms with van der Waals surface area (Å²) >= 11 is 0. The number of hydrogen-bond donors (Lipinski definition) is 1. The summed E-state index contributed by atoms with van der Waals surface area (Å²) in [6.07, 6.45) is 2.61. The Morgan fingerprint density at radius 1 is 0.960 bits per heavy atom. The van der Waals surface area contributed by atoms with Gasteiger partial charge in [0, 0.05) is 11.6 Å². The number of carbonyl (C=O) groups excluding carboxylic acids is 1. The summed E-state index contributed by atoms with van der Waals surface area (Å²) in [6, 6.07) is 13.1. The van der Waals surface area contributed by atoms with Crippen LogP contribution in [0.5, 0.6) is 17.2 Å². The van der Waals surface area contributed by atoms with E-state index in [0.717, 1.165) is 30.6 Å². The molecule has 0 bridgehead atoms. The Morgan fingerprint density at radius 3 is 2.28 bits per heavy atom. The van der Waals surface area contributed by atoms with Gasteiger partial charge in [0.2, 0.25) is 5.91 Å². The molecule has 1 N–H and O–H groups in total. The quantitative estimate of drug-likeness (QED) is 0.869. The van der Waals surface area contributed by atoms with E-state index in [-0.39, 0.29) is 5.91 Å². The van der Waals surface area contributed by atoms with Crippen LogP contribution < -0.4 is 19.5 Å². The number of carbonyl (C=O) groups is 1. The zero-order chi connectivity index (χ0) is 17.9. The van der Waals surface area contributed by atoms with E-state index in [9.17, 15) is 4.79 Å². The molecule has 5 heteroatoms. The molecule has 1 aliphatic carbocycles. The molecule has 0 atom stereocenters. The molecule has 2 aromatic rings. The van der Waals surface area contributed by atoms with Crippen LogP contribution in [0.1, 0.15) is 24.8 Å². The molecule has 0 spiro atoms. The lowest BCUT2D eigenvalue weighted by Gasteiger charge is -2.41. The first-order chi connectivity index (χ1) is 12.1. The summed E-state index contributed by atoms with van der Waals surface area (Å²) in [5.74, 6) is 1.96. The van der Waals surface area contributed by atoms with E-state index in [2.05, 4.69) is 5.32 Å². The van der Waals surface area contributed by atoms with Crippen molar-refractivity contribution in [3.63, 3.8) is 0 Å². The van der Waals surface area contributed by atoms with Gasteiger partial charge in [0.25, 0.3) is 0 Å². The Kier molecular flexibility index (Phi) is 4.83. The molecule has 0 heterocycles. The molecular formula is C20H23NO4. The average molecular weight is 341 g/mol. The van der Waals surface area contributed by atoms with Crippen LogP contribution in [0.2, 0.25) is 0 Å². The SMILES string of the molecule is COc1ccc(OC)c(NC(=O)C2(c3ccccc3OC)CCC2)c1. The van der Waals surface area contributed by atoms with Crippen LogP contribution in [0.25, 0.3) is 0 Å². The Morgan fingerprint density at radius 2 is 1.68 bits per heavy atom. The number of para-hydroxylation sites is 1. The molecule has 0 radical (unpaired) electrons. The van der Waals surface area contributed by atoms with Gasteiger partial charge in [-0.15, -0.1) is 0 Å². The van der Waals surface area contributed by atoms with Crippen molar-refractivity contribution in [3.05, 3.63) is 48.0 Å². The van der Waals surface area contributed by atoms with Crippen molar-refractivity contribution in [2.45, 2.75) is 24.7 Å². The van der Waals surface area contributed by atoms with Gasteiger partial charge in [-0.3, -0.25) is 4.79 Å².